The molecule has 3 rings (SSSR count). The number of likely N-dealkylation sites (N-methyl/N-ethyl adjacent to an activating group) is 1. The molecule has 1 fully saturated rings. The van der Waals surface area contributed by atoms with Crippen LogP contribution in [0.3, 0.4) is 0 Å². The van der Waals surface area contributed by atoms with Gasteiger partial charge >= 0.3 is 0 Å². The first-order valence-corrected chi connectivity index (χ1v) is 7.51. The number of carbonyl (C=O) groups excluding carboxylic acids is 1. The van der Waals surface area contributed by atoms with Gasteiger partial charge in [0.1, 0.15) is 5.75 Å². The number of anilines is 1. The van der Waals surface area contributed by atoms with Gasteiger partial charge in [-0.3, -0.25) is 4.79 Å². The highest BCUT2D eigenvalue weighted by Crippen LogP contribution is 2.33. The van der Waals surface area contributed by atoms with Gasteiger partial charge in [0.15, 0.2) is 6.61 Å². The minimum atomic E-state index is -3.51. The smallest absolute Gasteiger partial charge is 0.264 e. The summed E-state index contributed by atoms with van der Waals surface area (Å²) < 4.78 is 32.1. The van der Waals surface area contributed by atoms with Crippen LogP contribution in [0.2, 0.25) is 0 Å². The van der Waals surface area contributed by atoms with E-state index in [9.17, 15) is 13.2 Å². The summed E-state index contributed by atoms with van der Waals surface area (Å²) in [5, 5.41) is 0. The first-order chi connectivity index (χ1) is 8.97. The number of rotatable bonds is 3. The fourth-order valence-electron chi connectivity index (χ4n) is 1.91. The number of sulfonamides is 1. The highest BCUT2D eigenvalue weighted by atomic mass is 32.2. The number of nitrogens with one attached hydrogen (secondary N) is 1. The normalized spacial score (nSPS) is 19.0. The van der Waals surface area contributed by atoms with Crippen molar-refractivity contribution in [3.8, 4) is 5.75 Å². The maximum absolute atomic E-state index is 12.1. The SMILES string of the molecule is CN1C(=O)COc2ccc(S(=O)(=O)NC3CC3)cc21. The molecule has 2 aliphatic rings. The molecule has 0 aromatic heterocycles. The number of ether oxygens (including phenoxy) is 1. The molecule has 0 saturated heterocycles. The Morgan fingerprint density at radius 3 is 2.79 bits per heavy atom. The molecule has 1 N–H and O–H groups in total. The van der Waals surface area contributed by atoms with Gasteiger partial charge in [0.2, 0.25) is 10.0 Å². The molecule has 1 aliphatic carbocycles. The van der Waals surface area contributed by atoms with Gasteiger partial charge < -0.3 is 9.64 Å². The second-order valence-corrected chi connectivity index (χ2v) is 6.48. The van der Waals surface area contributed by atoms with Crippen LogP contribution < -0.4 is 14.4 Å². The van der Waals surface area contributed by atoms with Crippen molar-refractivity contribution >= 4 is 21.6 Å². The number of benzene rings is 1. The van der Waals surface area contributed by atoms with Crippen LogP contribution in [0.25, 0.3) is 0 Å². The van der Waals surface area contributed by atoms with Crippen LogP contribution in [-0.2, 0) is 14.8 Å². The molecule has 1 saturated carbocycles. The standard InChI is InChI=1S/C12H14N2O4S/c1-14-10-6-9(19(16,17)13-8-2-3-8)4-5-11(10)18-7-12(14)15/h4-6,8,13H,2-3,7H2,1H3. The Kier molecular flexibility index (Phi) is 2.75. The van der Waals surface area contributed by atoms with E-state index in [4.69, 9.17) is 4.74 Å². The van der Waals surface area contributed by atoms with Gasteiger partial charge in [-0.05, 0) is 31.0 Å². The van der Waals surface area contributed by atoms with Gasteiger partial charge in [0.05, 0.1) is 10.6 Å². The molecule has 102 valence electrons. The lowest BCUT2D eigenvalue weighted by Gasteiger charge is -2.26. The Morgan fingerprint density at radius 1 is 1.37 bits per heavy atom. The topological polar surface area (TPSA) is 75.7 Å². The molecule has 7 heteroatoms. The Labute approximate surface area is 111 Å². The van der Waals surface area contributed by atoms with E-state index < -0.39 is 10.0 Å². The summed E-state index contributed by atoms with van der Waals surface area (Å²) in [5.74, 6) is 0.324. The molecule has 0 spiro atoms. The van der Waals surface area contributed by atoms with Crippen molar-refractivity contribution in [3.05, 3.63) is 18.2 Å². The maximum atomic E-state index is 12.1. The third-order valence-electron chi connectivity index (χ3n) is 3.23. The molecule has 6 nitrogen and oxygen atoms in total. The van der Waals surface area contributed by atoms with Crippen molar-refractivity contribution in [2.24, 2.45) is 0 Å². The minimum absolute atomic E-state index is 0.0179. The number of hydrogen-bond donors (Lipinski definition) is 1. The zero-order valence-electron chi connectivity index (χ0n) is 10.4. The van der Waals surface area contributed by atoms with Crippen LogP contribution >= 0.6 is 0 Å². The predicted molar refractivity (Wildman–Crippen MR) is 68.7 cm³/mol. The summed E-state index contributed by atoms with van der Waals surface area (Å²) in [6.45, 7) is -0.0179. The molecule has 0 atom stereocenters. The number of nitrogens with zero attached hydrogens (tertiary/aromatic N) is 1. The van der Waals surface area contributed by atoms with E-state index in [1.807, 2.05) is 0 Å². The molecule has 1 heterocycles. The third kappa shape index (κ3) is 2.31. The zero-order valence-corrected chi connectivity index (χ0v) is 11.2. The molecule has 0 unspecified atom stereocenters. The van der Waals surface area contributed by atoms with Crippen molar-refractivity contribution in [2.45, 2.75) is 23.8 Å². The van der Waals surface area contributed by atoms with Gasteiger partial charge in [-0.2, -0.15) is 0 Å². The van der Waals surface area contributed by atoms with E-state index in [2.05, 4.69) is 4.72 Å². The van der Waals surface area contributed by atoms with Crippen molar-refractivity contribution in [1.29, 1.82) is 0 Å². The van der Waals surface area contributed by atoms with Crippen molar-refractivity contribution in [3.63, 3.8) is 0 Å². The number of fused-ring (bicyclic) bond motifs is 1. The average molecular weight is 282 g/mol. The first-order valence-electron chi connectivity index (χ1n) is 6.03. The predicted octanol–water partition coefficient (Wildman–Crippen LogP) is 0.482. The molecule has 1 aliphatic heterocycles. The first kappa shape index (κ1) is 12.4. The minimum Gasteiger partial charge on any atom is -0.482 e. The number of carbonyl (C=O) groups is 1. The van der Waals surface area contributed by atoms with Gasteiger partial charge in [0.25, 0.3) is 5.91 Å². The number of hydrogen-bond acceptors (Lipinski definition) is 4. The van der Waals surface area contributed by atoms with Crippen LogP contribution in [0, 0.1) is 0 Å². The summed E-state index contributed by atoms with van der Waals surface area (Å²) in [4.78, 5) is 13.1. The van der Waals surface area contributed by atoms with Crippen molar-refractivity contribution < 1.29 is 17.9 Å². The molecular weight excluding hydrogens is 268 g/mol. The Bertz CT molecular complexity index is 637. The summed E-state index contributed by atoms with van der Waals surface area (Å²) in [6.07, 6.45) is 1.76. The lowest BCUT2D eigenvalue weighted by atomic mass is 10.2. The monoisotopic (exact) mass is 282 g/mol. The maximum Gasteiger partial charge on any atom is 0.264 e. The second kappa shape index (κ2) is 4.21. The molecule has 1 amide bonds. The second-order valence-electron chi connectivity index (χ2n) is 4.77. The molecule has 0 radical (unpaired) electrons. The summed E-state index contributed by atoms with van der Waals surface area (Å²) >= 11 is 0. The molecule has 0 bridgehead atoms. The lowest BCUT2D eigenvalue weighted by molar-refractivity contribution is -0.120. The highest BCUT2D eigenvalue weighted by Gasteiger charge is 2.30. The van der Waals surface area contributed by atoms with Gasteiger partial charge in [-0.15, -0.1) is 0 Å². The van der Waals surface area contributed by atoms with Crippen molar-refractivity contribution in [2.75, 3.05) is 18.6 Å². The molecule has 19 heavy (non-hydrogen) atoms. The van der Waals surface area contributed by atoms with E-state index in [1.54, 1.807) is 13.1 Å². The Hall–Kier alpha value is -1.60. The van der Waals surface area contributed by atoms with E-state index in [0.29, 0.717) is 11.4 Å². The Morgan fingerprint density at radius 2 is 2.11 bits per heavy atom. The van der Waals surface area contributed by atoms with Crippen LogP contribution in [0.5, 0.6) is 5.75 Å². The quantitative estimate of drug-likeness (QED) is 0.875. The van der Waals surface area contributed by atoms with Gasteiger partial charge in [-0.25, -0.2) is 13.1 Å². The van der Waals surface area contributed by atoms with Crippen LogP contribution in [0.1, 0.15) is 12.8 Å². The summed E-state index contributed by atoms with van der Waals surface area (Å²) in [5.41, 5.74) is 0.481. The molecule has 1 aromatic rings. The lowest BCUT2D eigenvalue weighted by Crippen LogP contribution is -2.35. The van der Waals surface area contributed by atoms with E-state index in [-0.39, 0.29) is 23.5 Å². The van der Waals surface area contributed by atoms with Crippen LogP contribution in [-0.4, -0.2) is 34.0 Å². The summed E-state index contributed by atoms with van der Waals surface area (Å²) in [7, 11) is -1.91. The van der Waals surface area contributed by atoms with Gasteiger partial charge in [0, 0.05) is 13.1 Å². The van der Waals surface area contributed by atoms with E-state index in [1.165, 1.54) is 17.0 Å². The van der Waals surface area contributed by atoms with E-state index >= 15 is 0 Å². The third-order valence-corrected chi connectivity index (χ3v) is 4.74. The zero-order chi connectivity index (χ0) is 13.6. The Balaban J connectivity index is 1.98. The van der Waals surface area contributed by atoms with E-state index in [0.717, 1.165) is 12.8 Å². The van der Waals surface area contributed by atoms with Crippen molar-refractivity contribution in [1.82, 2.24) is 4.72 Å². The molecular formula is C12H14N2O4S. The molecule has 1 aromatic carbocycles. The fourth-order valence-corrected chi connectivity index (χ4v) is 3.23. The average Bonchev–Trinajstić information content (AvgIpc) is 3.17. The largest absolute Gasteiger partial charge is 0.482 e. The van der Waals surface area contributed by atoms with Crippen LogP contribution in [0.15, 0.2) is 23.1 Å². The van der Waals surface area contributed by atoms with Crippen LogP contribution in [0.4, 0.5) is 5.69 Å². The van der Waals surface area contributed by atoms with Gasteiger partial charge in [-0.1, -0.05) is 0 Å². The highest BCUT2D eigenvalue weighted by molar-refractivity contribution is 7.89. The number of amides is 1. The summed E-state index contributed by atoms with van der Waals surface area (Å²) in [6, 6.07) is 4.60. The fraction of sp³-hybridized carbons (Fsp3) is 0.417.